The zero-order valence-corrected chi connectivity index (χ0v) is 15.2. The minimum Gasteiger partial charge on any atom is -0.479 e. The maximum atomic E-state index is 12.3. The van der Waals surface area contributed by atoms with E-state index in [9.17, 15) is 9.59 Å². The molecule has 1 aliphatic rings. The first-order chi connectivity index (χ1) is 12.6. The van der Waals surface area contributed by atoms with E-state index in [4.69, 9.17) is 4.74 Å². The van der Waals surface area contributed by atoms with Crippen LogP contribution in [0.25, 0.3) is 0 Å². The molecule has 0 aliphatic carbocycles. The quantitative estimate of drug-likeness (QED) is 0.861. The fraction of sp³-hybridized carbons (Fsp3) is 0.333. The van der Waals surface area contributed by atoms with Crippen molar-refractivity contribution in [2.75, 3.05) is 16.8 Å². The second kappa shape index (κ2) is 8.04. The van der Waals surface area contributed by atoms with Crippen LogP contribution in [0.1, 0.15) is 32.3 Å². The second-order valence-corrected chi connectivity index (χ2v) is 6.47. The molecule has 3 rings (SSSR count). The second-order valence-electron chi connectivity index (χ2n) is 6.47. The summed E-state index contributed by atoms with van der Waals surface area (Å²) in [5, 5.41) is 2.91. The molecule has 0 saturated heterocycles. The van der Waals surface area contributed by atoms with Gasteiger partial charge in [0.2, 0.25) is 5.91 Å². The Morgan fingerprint density at radius 2 is 1.96 bits per heavy atom. The molecule has 0 spiro atoms. The molecule has 0 fully saturated rings. The van der Waals surface area contributed by atoms with Crippen LogP contribution in [0, 0.1) is 0 Å². The Morgan fingerprint density at radius 3 is 2.69 bits per heavy atom. The Kier molecular flexibility index (Phi) is 5.56. The van der Waals surface area contributed by atoms with Crippen molar-refractivity contribution in [2.24, 2.45) is 0 Å². The van der Waals surface area contributed by atoms with Crippen molar-refractivity contribution in [3.05, 3.63) is 54.1 Å². The van der Waals surface area contributed by atoms with Gasteiger partial charge in [-0.1, -0.05) is 37.3 Å². The van der Waals surface area contributed by atoms with Gasteiger partial charge in [-0.15, -0.1) is 0 Å². The summed E-state index contributed by atoms with van der Waals surface area (Å²) in [7, 11) is 0. The number of aryl methyl sites for hydroxylation is 1. The van der Waals surface area contributed by atoms with E-state index in [-0.39, 0.29) is 11.8 Å². The minimum atomic E-state index is -0.516. The molecular formula is C21H24N2O3. The molecule has 1 aliphatic heterocycles. The predicted molar refractivity (Wildman–Crippen MR) is 103 cm³/mol. The van der Waals surface area contributed by atoms with Gasteiger partial charge in [-0.25, -0.2) is 0 Å². The number of fused-ring (bicyclic) bond motifs is 1. The van der Waals surface area contributed by atoms with Crippen molar-refractivity contribution in [3.8, 4) is 5.75 Å². The fourth-order valence-corrected chi connectivity index (χ4v) is 3.07. The molecule has 1 heterocycles. The Bertz CT molecular complexity index is 789. The van der Waals surface area contributed by atoms with Gasteiger partial charge in [-0.3, -0.25) is 9.59 Å². The molecule has 5 heteroatoms. The van der Waals surface area contributed by atoms with Crippen LogP contribution in [0.5, 0.6) is 5.75 Å². The van der Waals surface area contributed by atoms with E-state index in [1.165, 1.54) is 0 Å². The lowest BCUT2D eigenvalue weighted by molar-refractivity contribution is -0.125. The highest BCUT2D eigenvalue weighted by atomic mass is 16.5. The summed E-state index contributed by atoms with van der Waals surface area (Å²) in [6.07, 6.45) is 1.47. The van der Waals surface area contributed by atoms with Crippen LogP contribution in [0.15, 0.2) is 48.5 Å². The molecule has 136 valence electrons. The largest absolute Gasteiger partial charge is 0.479 e. The fourth-order valence-electron chi connectivity index (χ4n) is 3.07. The lowest BCUT2D eigenvalue weighted by atomic mass is 10.1. The Hall–Kier alpha value is -2.82. The summed E-state index contributed by atoms with van der Waals surface area (Å²) in [5.74, 6) is 0.560. The van der Waals surface area contributed by atoms with Crippen LogP contribution < -0.4 is 15.0 Å². The summed E-state index contributed by atoms with van der Waals surface area (Å²) in [6, 6.07) is 15.4. The lowest BCUT2D eigenvalue weighted by Gasteiger charge is -2.33. The third-order valence-corrected chi connectivity index (χ3v) is 4.38. The van der Waals surface area contributed by atoms with Gasteiger partial charge in [0.25, 0.3) is 5.91 Å². The van der Waals surface area contributed by atoms with E-state index < -0.39 is 6.10 Å². The topological polar surface area (TPSA) is 58.6 Å². The summed E-state index contributed by atoms with van der Waals surface area (Å²) < 4.78 is 5.73. The van der Waals surface area contributed by atoms with Crippen molar-refractivity contribution in [3.63, 3.8) is 0 Å². The number of hydrogen-bond acceptors (Lipinski definition) is 3. The summed E-state index contributed by atoms with van der Waals surface area (Å²) in [5.41, 5.74) is 2.58. The Labute approximate surface area is 154 Å². The van der Waals surface area contributed by atoms with Crippen molar-refractivity contribution in [2.45, 2.75) is 39.2 Å². The number of ether oxygens (including phenoxy) is 1. The van der Waals surface area contributed by atoms with Crippen LogP contribution in [0.3, 0.4) is 0 Å². The first kappa shape index (κ1) is 18.0. The van der Waals surface area contributed by atoms with Crippen molar-refractivity contribution in [1.82, 2.24) is 0 Å². The molecule has 1 N–H and O–H groups in total. The number of nitrogens with zero attached hydrogens (tertiary/aromatic N) is 1. The van der Waals surface area contributed by atoms with Gasteiger partial charge in [0.15, 0.2) is 6.10 Å². The number of benzene rings is 2. The van der Waals surface area contributed by atoms with E-state index >= 15 is 0 Å². The highest BCUT2D eigenvalue weighted by Gasteiger charge is 2.31. The maximum absolute atomic E-state index is 12.3. The number of nitrogens with one attached hydrogen (secondary N) is 1. The van der Waals surface area contributed by atoms with E-state index in [2.05, 4.69) is 5.32 Å². The standard InChI is InChI=1S/C21H24N2O3/c1-3-13-23-18-11-10-17(14-19(18)26-15(2)21(23)25)22-20(24)12-9-16-7-5-4-6-8-16/h4-8,10-11,14-15H,3,9,12-13H2,1-2H3,(H,22,24). The summed E-state index contributed by atoms with van der Waals surface area (Å²) in [6.45, 7) is 4.44. The van der Waals surface area contributed by atoms with Gasteiger partial charge in [0.05, 0.1) is 5.69 Å². The molecule has 0 aromatic heterocycles. The number of carbonyl (C=O) groups excluding carboxylic acids is 2. The minimum absolute atomic E-state index is 0.0287. The average molecular weight is 352 g/mol. The first-order valence-electron chi connectivity index (χ1n) is 9.04. The predicted octanol–water partition coefficient (Wildman–Crippen LogP) is 3.78. The summed E-state index contributed by atoms with van der Waals surface area (Å²) in [4.78, 5) is 26.3. The molecule has 0 radical (unpaired) electrons. The zero-order chi connectivity index (χ0) is 18.5. The molecule has 0 saturated carbocycles. The smallest absolute Gasteiger partial charge is 0.267 e. The normalized spacial score (nSPS) is 16.0. The third kappa shape index (κ3) is 4.04. The van der Waals surface area contributed by atoms with Crippen molar-refractivity contribution in [1.29, 1.82) is 0 Å². The number of hydrogen-bond donors (Lipinski definition) is 1. The van der Waals surface area contributed by atoms with Crippen LogP contribution >= 0.6 is 0 Å². The third-order valence-electron chi connectivity index (χ3n) is 4.38. The van der Waals surface area contributed by atoms with Crippen molar-refractivity contribution >= 4 is 23.2 Å². The zero-order valence-electron chi connectivity index (χ0n) is 15.2. The molecule has 5 nitrogen and oxygen atoms in total. The number of anilines is 2. The molecule has 26 heavy (non-hydrogen) atoms. The first-order valence-corrected chi connectivity index (χ1v) is 9.04. The highest BCUT2D eigenvalue weighted by molar-refractivity contribution is 6.00. The van der Waals surface area contributed by atoms with E-state index in [0.29, 0.717) is 30.8 Å². The molecule has 1 unspecified atom stereocenters. The van der Waals surface area contributed by atoms with Crippen LogP contribution in [0.4, 0.5) is 11.4 Å². The number of carbonyl (C=O) groups is 2. The SMILES string of the molecule is CCCN1C(=O)C(C)Oc2cc(NC(=O)CCc3ccccc3)ccc21. The van der Waals surface area contributed by atoms with Gasteiger partial charge in [0, 0.05) is 24.7 Å². The molecular weight excluding hydrogens is 328 g/mol. The molecule has 2 aromatic carbocycles. The Balaban J connectivity index is 1.67. The number of amides is 2. The monoisotopic (exact) mass is 352 g/mol. The van der Waals surface area contributed by atoms with E-state index in [1.54, 1.807) is 17.9 Å². The highest BCUT2D eigenvalue weighted by Crippen LogP contribution is 2.36. The summed E-state index contributed by atoms with van der Waals surface area (Å²) >= 11 is 0. The van der Waals surface area contributed by atoms with Crippen LogP contribution in [0.2, 0.25) is 0 Å². The number of rotatable bonds is 6. The van der Waals surface area contributed by atoms with Crippen LogP contribution in [-0.2, 0) is 16.0 Å². The van der Waals surface area contributed by atoms with Crippen LogP contribution in [-0.4, -0.2) is 24.5 Å². The van der Waals surface area contributed by atoms with Crippen molar-refractivity contribution < 1.29 is 14.3 Å². The van der Waals surface area contributed by atoms with E-state index in [0.717, 1.165) is 17.7 Å². The van der Waals surface area contributed by atoms with Gasteiger partial charge >= 0.3 is 0 Å². The molecule has 2 amide bonds. The van der Waals surface area contributed by atoms with E-state index in [1.807, 2.05) is 49.4 Å². The van der Waals surface area contributed by atoms with Gasteiger partial charge < -0.3 is 15.0 Å². The van der Waals surface area contributed by atoms with Gasteiger partial charge in [0.1, 0.15) is 5.75 Å². The van der Waals surface area contributed by atoms with Gasteiger partial charge in [-0.2, -0.15) is 0 Å². The molecule has 0 bridgehead atoms. The Morgan fingerprint density at radius 1 is 1.19 bits per heavy atom. The average Bonchev–Trinajstić information content (AvgIpc) is 2.64. The van der Waals surface area contributed by atoms with Gasteiger partial charge in [-0.05, 0) is 37.5 Å². The lowest BCUT2D eigenvalue weighted by Crippen LogP contribution is -2.44. The molecule has 2 aromatic rings. The molecule has 1 atom stereocenters. The maximum Gasteiger partial charge on any atom is 0.267 e.